The Morgan fingerprint density at radius 1 is 0.872 bits per heavy atom. The van der Waals surface area contributed by atoms with Crippen LogP contribution in [0.3, 0.4) is 0 Å². The van der Waals surface area contributed by atoms with Crippen molar-refractivity contribution in [1.29, 1.82) is 0 Å². The van der Waals surface area contributed by atoms with Gasteiger partial charge < -0.3 is 9.64 Å². The fraction of sp³-hybridized carbons (Fsp3) is 0.310. The van der Waals surface area contributed by atoms with E-state index in [2.05, 4.69) is 18.7 Å². The molecule has 8 nitrogen and oxygen atoms in total. The molecule has 0 spiro atoms. The maximum atomic E-state index is 13.8. The SMILES string of the molecule is CCN(CC)CCN(C(=O)c1ccc(S(=O)(=O)N(CC)c2ccccc2)cc1)c1nc2c(OC)cccc2s1. The van der Waals surface area contributed by atoms with Crippen molar-refractivity contribution >= 4 is 48.3 Å². The molecule has 1 amide bonds. The van der Waals surface area contributed by atoms with Crippen LogP contribution in [0, 0.1) is 0 Å². The molecule has 0 saturated carbocycles. The Morgan fingerprint density at radius 3 is 2.18 bits per heavy atom. The van der Waals surface area contributed by atoms with Gasteiger partial charge in [-0.05, 0) is 68.5 Å². The first-order valence-electron chi connectivity index (χ1n) is 13.0. The first kappa shape index (κ1) is 28.5. The van der Waals surface area contributed by atoms with Gasteiger partial charge in [-0.15, -0.1) is 0 Å². The Kier molecular flexibility index (Phi) is 9.21. The minimum atomic E-state index is -3.79. The number of hydrogen-bond acceptors (Lipinski definition) is 7. The summed E-state index contributed by atoms with van der Waals surface area (Å²) in [6.07, 6.45) is 0. The lowest BCUT2D eigenvalue weighted by molar-refractivity contribution is 0.0983. The van der Waals surface area contributed by atoms with Crippen LogP contribution in [0.15, 0.2) is 77.7 Å². The molecular formula is C29H34N4O4S2. The number of benzene rings is 3. The quantitative estimate of drug-likeness (QED) is 0.225. The Morgan fingerprint density at radius 2 is 1.56 bits per heavy atom. The van der Waals surface area contributed by atoms with Crippen LogP contribution in [0.2, 0.25) is 0 Å². The highest BCUT2D eigenvalue weighted by Gasteiger charge is 2.26. The molecule has 0 aliphatic heterocycles. The molecule has 3 aromatic carbocycles. The predicted octanol–water partition coefficient (Wildman–Crippen LogP) is 5.51. The summed E-state index contributed by atoms with van der Waals surface area (Å²) in [6, 6.07) is 20.8. The van der Waals surface area contributed by atoms with Crippen LogP contribution in [0.4, 0.5) is 10.8 Å². The third-order valence-corrected chi connectivity index (χ3v) is 9.58. The number of rotatable bonds is 12. The van der Waals surface area contributed by atoms with E-state index >= 15 is 0 Å². The minimum absolute atomic E-state index is 0.129. The molecule has 1 aromatic heterocycles. The number of carbonyl (C=O) groups is 1. The van der Waals surface area contributed by atoms with E-state index in [0.29, 0.717) is 40.7 Å². The molecule has 206 valence electrons. The molecule has 0 unspecified atom stereocenters. The second-order valence-corrected chi connectivity index (χ2v) is 11.7. The van der Waals surface area contributed by atoms with Crippen molar-refractivity contribution in [3.63, 3.8) is 0 Å². The number of likely N-dealkylation sites (N-methyl/N-ethyl adjacent to an activating group) is 1. The number of sulfonamides is 1. The summed E-state index contributed by atoms with van der Waals surface area (Å²) >= 11 is 1.43. The van der Waals surface area contributed by atoms with Crippen molar-refractivity contribution in [2.75, 3.05) is 49.0 Å². The summed E-state index contributed by atoms with van der Waals surface area (Å²) in [4.78, 5) is 22.6. The average molecular weight is 567 g/mol. The zero-order chi connectivity index (χ0) is 28.0. The van der Waals surface area contributed by atoms with Crippen LogP contribution in [0.25, 0.3) is 10.2 Å². The summed E-state index contributed by atoms with van der Waals surface area (Å²) in [7, 11) is -2.19. The number of hydrogen-bond donors (Lipinski definition) is 0. The number of carbonyl (C=O) groups excluding carboxylic acids is 1. The van der Waals surface area contributed by atoms with E-state index in [0.717, 1.165) is 17.8 Å². The molecule has 0 N–H and O–H groups in total. The largest absolute Gasteiger partial charge is 0.494 e. The summed E-state index contributed by atoms with van der Waals surface area (Å²) in [5.74, 6) is 0.416. The number of amides is 1. The topological polar surface area (TPSA) is 83.1 Å². The number of anilines is 2. The first-order chi connectivity index (χ1) is 18.8. The van der Waals surface area contributed by atoms with Gasteiger partial charge in [-0.1, -0.05) is 49.4 Å². The molecule has 4 rings (SSSR count). The van der Waals surface area contributed by atoms with Crippen molar-refractivity contribution in [2.24, 2.45) is 0 Å². The molecule has 1 heterocycles. The zero-order valence-corrected chi connectivity index (χ0v) is 24.3. The standard InChI is InChI=1S/C29H34N4O4S2/c1-5-31(6-2)20-21-32(29-30-27-25(37-4)14-11-15-26(27)38-29)28(34)22-16-18-24(19-17-22)39(35,36)33(7-3)23-12-9-8-10-13-23/h8-19H,5-7,20-21H2,1-4H3. The van der Waals surface area contributed by atoms with E-state index in [1.54, 1.807) is 55.3 Å². The van der Waals surface area contributed by atoms with E-state index in [1.165, 1.54) is 27.8 Å². The molecule has 10 heteroatoms. The maximum Gasteiger partial charge on any atom is 0.264 e. The van der Waals surface area contributed by atoms with Gasteiger partial charge in [0.05, 0.1) is 22.4 Å². The normalized spacial score (nSPS) is 11.6. The van der Waals surface area contributed by atoms with Crippen LogP contribution < -0.4 is 13.9 Å². The number of para-hydroxylation sites is 2. The number of methoxy groups -OCH3 is 1. The van der Waals surface area contributed by atoms with Crippen LogP contribution in [0.1, 0.15) is 31.1 Å². The van der Waals surface area contributed by atoms with Gasteiger partial charge in [-0.3, -0.25) is 14.0 Å². The van der Waals surface area contributed by atoms with Crippen molar-refractivity contribution in [1.82, 2.24) is 9.88 Å². The lowest BCUT2D eigenvalue weighted by Crippen LogP contribution is -2.39. The summed E-state index contributed by atoms with van der Waals surface area (Å²) in [6.45, 7) is 9.12. The van der Waals surface area contributed by atoms with Crippen molar-refractivity contribution in [3.05, 3.63) is 78.4 Å². The van der Waals surface area contributed by atoms with Gasteiger partial charge >= 0.3 is 0 Å². The lowest BCUT2D eigenvalue weighted by Gasteiger charge is -2.25. The van der Waals surface area contributed by atoms with Crippen molar-refractivity contribution in [2.45, 2.75) is 25.7 Å². The number of fused-ring (bicyclic) bond motifs is 1. The van der Waals surface area contributed by atoms with Gasteiger partial charge in [0, 0.05) is 25.2 Å². The Balaban J connectivity index is 1.66. The van der Waals surface area contributed by atoms with Crippen LogP contribution in [-0.4, -0.2) is 64.0 Å². The van der Waals surface area contributed by atoms with Gasteiger partial charge in [0.1, 0.15) is 11.3 Å². The number of nitrogens with zero attached hydrogens (tertiary/aromatic N) is 4. The molecule has 0 aliphatic rings. The zero-order valence-electron chi connectivity index (χ0n) is 22.7. The Bertz CT molecular complexity index is 1500. The second kappa shape index (κ2) is 12.6. The van der Waals surface area contributed by atoms with Crippen LogP contribution >= 0.6 is 11.3 Å². The molecule has 0 fully saturated rings. The van der Waals surface area contributed by atoms with Gasteiger partial charge in [-0.2, -0.15) is 0 Å². The highest BCUT2D eigenvalue weighted by molar-refractivity contribution is 7.92. The highest BCUT2D eigenvalue weighted by atomic mass is 32.2. The second-order valence-electron chi connectivity index (χ2n) is 8.82. The monoisotopic (exact) mass is 566 g/mol. The number of ether oxygens (including phenoxy) is 1. The number of aromatic nitrogens is 1. The van der Waals surface area contributed by atoms with E-state index < -0.39 is 10.0 Å². The number of thiazole rings is 1. The van der Waals surface area contributed by atoms with Gasteiger partial charge in [-0.25, -0.2) is 13.4 Å². The highest BCUT2D eigenvalue weighted by Crippen LogP contribution is 2.34. The third kappa shape index (κ3) is 6.08. The molecule has 0 atom stereocenters. The van der Waals surface area contributed by atoms with Crippen LogP contribution in [-0.2, 0) is 10.0 Å². The average Bonchev–Trinajstić information content (AvgIpc) is 3.40. The fourth-order valence-corrected chi connectivity index (χ4v) is 6.88. The van der Waals surface area contributed by atoms with Gasteiger partial charge in [0.15, 0.2) is 5.13 Å². The van der Waals surface area contributed by atoms with Gasteiger partial charge in [0.25, 0.3) is 15.9 Å². The molecule has 0 aliphatic carbocycles. The molecular weight excluding hydrogens is 532 g/mol. The van der Waals surface area contributed by atoms with E-state index in [1.807, 2.05) is 24.3 Å². The summed E-state index contributed by atoms with van der Waals surface area (Å²) in [5, 5.41) is 0.574. The van der Waals surface area contributed by atoms with Crippen LogP contribution in [0.5, 0.6) is 5.75 Å². The van der Waals surface area contributed by atoms with Crippen molar-refractivity contribution in [3.8, 4) is 5.75 Å². The molecule has 0 radical (unpaired) electrons. The molecule has 4 aromatic rings. The minimum Gasteiger partial charge on any atom is -0.494 e. The Labute approximate surface area is 234 Å². The third-order valence-electron chi connectivity index (χ3n) is 6.62. The molecule has 0 saturated heterocycles. The predicted molar refractivity (Wildman–Crippen MR) is 159 cm³/mol. The smallest absolute Gasteiger partial charge is 0.264 e. The van der Waals surface area contributed by atoms with E-state index in [-0.39, 0.29) is 17.3 Å². The van der Waals surface area contributed by atoms with E-state index in [4.69, 9.17) is 9.72 Å². The summed E-state index contributed by atoms with van der Waals surface area (Å²) < 4.78 is 34.6. The molecule has 0 bridgehead atoms. The maximum absolute atomic E-state index is 13.8. The fourth-order valence-electron chi connectivity index (χ4n) is 4.40. The summed E-state index contributed by atoms with van der Waals surface area (Å²) in [5.41, 5.74) is 1.69. The molecule has 39 heavy (non-hydrogen) atoms. The van der Waals surface area contributed by atoms with Crippen molar-refractivity contribution < 1.29 is 17.9 Å². The first-order valence-corrected chi connectivity index (χ1v) is 15.2. The van der Waals surface area contributed by atoms with Gasteiger partial charge in [0.2, 0.25) is 0 Å². The Hall–Kier alpha value is -3.47. The lowest BCUT2D eigenvalue weighted by atomic mass is 10.2. The van der Waals surface area contributed by atoms with E-state index in [9.17, 15) is 13.2 Å².